The second kappa shape index (κ2) is 7.25. The van der Waals surface area contributed by atoms with Crippen LogP contribution < -0.4 is 11.1 Å². The van der Waals surface area contributed by atoms with Gasteiger partial charge in [0.15, 0.2) is 0 Å². The Morgan fingerprint density at radius 3 is 2.76 bits per heavy atom. The average Bonchev–Trinajstić information content (AvgIpc) is 2.94. The van der Waals surface area contributed by atoms with Gasteiger partial charge in [-0.25, -0.2) is 4.98 Å². The van der Waals surface area contributed by atoms with Gasteiger partial charge < -0.3 is 25.8 Å². The van der Waals surface area contributed by atoms with Gasteiger partial charge in [-0.1, -0.05) is 12.1 Å². The molecule has 0 aliphatic carbocycles. The number of nitrogens with two attached hydrogens (primary N) is 1. The van der Waals surface area contributed by atoms with Crippen LogP contribution in [0.1, 0.15) is 5.56 Å². The first-order chi connectivity index (χ1) is 10.2. The number of hydrogen-bond donors (Lipinski definition) is 3. The third-order valence-corrected chi connectivity index (χ3v) is 2.96. The Balaban J connectivity index is 2.11. The number of nitrogen functional groups attached to an aromatic ring is 1. The molecule has 0 unspecified atom stereocenters. The molecule has 4 N–H and O–H groups in total. The van der Waals surface area contributed by atoms with Gasteiger partial charge in [-0.2, -0.15) is 0 Å². The number of allylic oxidation sites excluding steroid dienone is 1. The van der Waals surface area contributed by atoms with Crippen molar-refractivity contribution in [2.75, 3.05) is 26.0 Å². The fraction of sp³-hybridized carbons (Fsp3) is 0.200. The number of imidazole rings is 1. The first-order valence-electron chi connectivity index (χ1n) is 6.58. The molecule has 0 radical (unpaired) electrons. The minimum Gasteiger partial charge on any atom is -0.388 e. The van der Waals surface area contributed by atoms with Crippen molar-refractivity contribution in [1.82, 2.24) is 14.9 Å². The molecular formula is C15H19N5O. The van der Waals surface area contributed by atoms with Gasteiger partial charge in [0.1, 0.15) is 12.1 Å². The summed E-state index contributed by atoms with van der Waals surface area (Å²) < 4.78 is 6.81. The number of aromatic nitrogens is 2. The maximum Gasteiger partial charge on any atom is 0.141 e. The largest absolute Gasteiger partial charge is 0.388 e. The summed E-state index contributed by atoms with van der Waals surface area (Å²) in [5, 5.41) is 10.6. The van der Waals surface area contributed by atoms with Crippen molar-refractivity contribution in [2.45, 2.75) is 0 Å². The average molecular weight is 285 g/mol. The van der Waals surface area contributed by atoms with Crippen LogP contribution in [0.15, 0.2) is 43.0 Å². The molecule has 110 valence electrons. The Morgan fingerprint density at radius 2 is 2.19 bits per heavy atom. The lowest BCUT2D eigenvalue weighted by Crippen LogP contribution is -2.13. The Morgan fingerprint density at radius 1 is 1.43 bits per heavy atom. The lowest BCUT2D eigenvalue weighted by atomic mass is 10.1. The Bertz CT molecular complexity index is 615. The normalized spacial score (nSPS) is 11.4. The summed E-state index contributed by atoms with van der Waals surface area (Å²) in [4.78, 5) is 4.00. The van der Waals surface area contributed by atoms with Crippen LogP contribution in [0.2, 0.25) is 0 Å². The molecule has 6 nitrogen and oxygen atoms in total. The lowest BCUT2D eigenvalue weighted by molar-refractivity contribution is 0.203. The highest BCUT2D eigenvalue weighted by Gasteiger charge is 2.01. The summed E-state index contributed by atoms with van der Waals surface area (Å²) in [7, 11) is 1.66. The van der Waals surface area contributed by atoms with E-state index in [1.165, 1.54) is 6.21 Å². The van der Waals surface area contributed by atoms with Crippen molar-refractivity contribution in [1.29, 1.82) is 5.41 Å². The summed E-state index contributed by atoms with van der Waals surface area (Å²) in [6.07, 6.45) is 6.57. The Labute approximate surface area is 123 Å². The van der Waals surface area contributed by atoms with Crippen LogP contribution in [0.5, 0.6) is 0 Å². The van der Waals surface area contributed by atoms with Gasteiger partial charge in [0.05, 0.1) is 12.8 Å². The topological polar surface area (TPSA) is 89.0 Å². The van der Waals surface area contributed by atoms with Crippen LogP contribution in [0, 0.1) is 5.41 Å². The van der Waals surface area contributed by atoms with E-state index in [0.29, 0.717) is 19.0 Å². The summed E-state index contributed by atoms with van der Waals surface area (Å²) >= 11 is 0. The highest BCUT2D eigenvalue weighted by Crippen LogP contribution is 2.16. The van der Waals surface area contributed by atoms with Gasteiger partial charge in [-0.3, -0.25) is 0 Å². The minimum atomic E-state index is 0.487. The summed E-state index contributed by atoms with van der Waals surface area (Å²) in [5.41, 5.74) is 8.35. The zero-order valence-corrected chi connectivity index (χ0v) is 11.9. The van der Waals surface area contributed by atoms with Crippen LogP contribution in [0.25, 0.3) is 11.3 Å². The predicted octanol–water partition coefficient (Wildman–Crippen LogP) is 1.68. The molecule has 0 saturated heterocycles. The monoisotopic (exact) mass is 285 g/mol. The van der Waals surface area contributed by atoms with E-state index in [2.05, 4.69) is 10.3 Å². The van der Waals surface area contributed by atoms with Crippen molar-refractivity contribution in [3.8, 4) is 5.69 Å². The summed E-state index contributed by atoms with van der Waals surface area (Å²) in [6, 6.07) is 7.84. The van der Waals surface area contributed by atoms with Crippen LogP contribution in [-0.2, 0) is 4.74 Å². The SMILES string of the molecule is COCCN/C=C(\C=N)c1ccc(-n2cnc(N)c2)cc1. The first kappa shape index (κ1) is 14.8. The van der Waals surface area contributed by atoms with Gasteiger partial charge in [0.2, 0.25) is 0 Å². The Kier molecular flexibility index (Phi) is 5.11. The minimum absolute atomic E-state index is 0.487. The third-order valence-electron chi connectivity index (χ3n) is 2.96. The number of ether oxygens (including phenoxy) is 1. The van der Waals surface area contributed by atoms with E-state index in [1.54, 1.807) is 19.6 Å². The molecule has 1 heterocycles. The zero-order chi connectivity index (χ0) is 15.1. The molecule has 0 amide bonds. The van der Waals surface area contributed by atoms with E-state index in [-0.39, 0.29) is 0 Å². The van der Waals surface area contributed by atoms with Crippen molar-refractivity contribution in [3.05, 3.63) is 48.6 Å². The van der Waals surface area contributed by atoms with E-state index in [4.69, 9.17) is 15.9 Å². The van der Waals surface area contributed by atoms with Crippen LogP contribution >= 0.6 is 0 Å². The lowest BCUT2D eigenvalue weighted by Gasteiger charge is -2.06. The molecule has 0 spiro atoms. The molecule has 0 atom stereocenters. The second-order valence-corrected chi connectivity index (χ2v) is 4.44. The smallest absolute Gasteiger partial charge is 0.141 e. The molecule has 0 bridgehead atoms. The molecular weight excluding hydrogens is 266 g/mol. The number of nitrogens with zero attached hydrogens (tertiary/aromatic N) is 2. The van der Waals surface area contributed by atoms with E-state index < -0.39 is 0 Å². The molecule has 6 heteroatoms. The Hall–Kier alpha value is -2.60. The number of hydrogen-bond acceptors (Lipinski definition) is 5. The maximum atomic E-state index is 7.50. The predicted molar refractivity (Wildman–Crippen MR) is 84.6 cm³/mol. The molecule has 0 saturated carbocycles. The molecule has 0 fully saturated rings. The van der Waals surface area contributed by atoms with Gasteiger partial charge >= 0.3 is 0 Å². The standard InChI is InChI=1S/C15H19N5O/c1-21-7-6-18-9-13(8-16)12-2-4-14(5-3-12)20-10-15(17)19-11-20/h2-5,8-11,16,18H,6-7,17H2,1H3/b13-9+,16-8?. The fourth-order valence-electron chi connectivity index (χ4n) is 1.86. The van der Waals surface area contributed by atoms with E-state index >= 15 is 0 Å². The van der Waals surface area contributed by atoms with E-state index in [0.717, 1.165) is 16.8 Å². The molecule has 1 aromatic heterocycles. The second-order valence-electron chi connectivity index (χ2n) is 4.44. The summed E-state index contributed by atoms with van der Waals surface area (Å²) in [6.45, 7) is 1.34. The van der Waals surface area contributed by atoms with Crippen LogP contribution in [0.4, 0.5) is 5.82 Å². The maximum absolute atomic E-state index is 7.50. The molecule has 0 aliphatic rings. The van der Waals surface area contributed by atoms with Gasteiger partial charge in [0, 0.05) is 37.3 Å². The third kappa shape index (κ3) is 3.93. The molecule has 2 rings (SSSR count). The van der Waals surface area contributed by atoms with E-state index in [9.17, 15) is 0 Å². The zero-order valence-electron chi connectivity index (χ0n) is 11.9. The highest BCUT2D eigenvalue weighted by atomic mass is 16.5. The number of methoxy groups -OCH3 is 1. The number of nitrogens with one attached hydrogen (secondary N) is 2. The van der Waals surface area contributed by atoms with Gasteiger partial charge in [-0.15, -0.1) is 0 Å². The molecule has 0 aliphatic heterocycles. The van der Waals surface area contributed by atoms with Crippen LogP contribution in [-0.4, -0.2) is 36.0 Å². The fourth-order valence-corrected chi connectivity index (χ4v) is 1.86. The van der Waals surface area contributed by atoms with Crippen molar-refractivity contribution < 1.29 is 4.74 Å². The highest BCUT2D eigenvalue weighted by molar-refractivity contribution is 6.08. The number of anilines is 1. The van der Waals surface area contributed by atoms with E-state index in [1.807, 2.05) is 35.0 Å². The van der Waals surface area contributed by atoms with Crippen molar-refractivity contribution in [2.24, 2.45) is 0 Å². The van der Waals surface area contributed by atoms with Gasteiger partial charge in [-0.05, 0) is 17.7 Å². The quantitative estimate of drug-likeness (QED) is 0.533. The summed E-state index contributed by atoms with van der Waals surface area (Å²) in [5.74, 6) is 0.487. The van der Waals surface area contributed by atoms with Gasteiger partial charge in [0.25, 0.3) is 0 Å². The van der Waals surface area contributed by atoms with Crippen molar-refractivity contribution >= 4 is 17.6 Å². The number of rotatable bonds is 7. The molecule has 2 aromatic rings. The molecule has 21 heavy (non-hydrogen) atoms. The number of benzene rings is 1. The molecule has 1 aromatic carbocycles. The van der Waals surface area contributed by atoms with Crippen molar-refractivity contribution in [3.63, 3.8) is 0 Å². The van der Waals surface area contributed by atoms with Crippen LogP contribution in [0.3, 0.4) is 0 Å². The first-order valence-corrected chi connectivity index (χ1v) is 6.58.